The van der Waals surface area contributed by atoms with Crippen LogP contribution < -0.4 is 5.32 Å². The first-order valence-corrected chi connectivity index (χ1v) is 17.0. The largest absolute Gasteiger partial charge is 0.444 e. The lowest BCUT2D eigenvalue weighted by molar-refractivity contribution is -0.134. The number of aliphatic hydroxyl groups is 1. The summed E-state index contributed by atoms with van der Waals surface area (Å²) in [5.74, 6) is 0.179. The molecule has 0 bridgehead atoms. The van der Waals surface area contributed by atoms with Crippen LogP contribution in [0.15, 0.2) is 65.1 Å². The number of carbonyl (C=O) groups excluding carboxylic acids is 3. The SMILES string of the molecule is CC(C)CCN(C(=O)N[C@H](CO)CCc1ccccc1-c1nc2c(ccc3ccccc32)o1)C(=O)C1CCN(C(=O)OC(C)(C)C)CC1. The number of amides is 4. The van der Waals surface area contributed by atoms with Gasteiger partial charge in [0.1, 0.15) is 11.1 Å². The number of imide groups is 1. The molecule has 0 saturated carbocycles. The number of carbonyl (C=O) groups is 3. The number of likely N-dealkylation sites (tertiary alicyclic amines) is 1. The molecular weight excluding hydrogens is 608 g/mol. The number of hydrogen-bond acceptors (Lipinski definition) is 7. The fraction of sp³-hybridized carbons (Fsp3) is 0.474. The number of rotatable bonds is 10. The van der Waals surface area contributed by atoms with Gasteiger partial charge in [-0.1, -0.05) is 62.4 Å². The van der Waals surface area contributed by atoms with Crippen LogP contribution in [0.1, 0.15) is 65.9 Å². The minimum Gasteiger partial charge on any atom is -0.444 e. The number of aryl methyl sites for hydroxylation is 1. The van der Waals surface area contributed by atoms with Crippen molar-refractivity contribution in [2.24, 2.45) is 11.8 Å². The van der Waals surface area contributed by atoms with Gasteiger partial charge < -0.3 is 24.5 Å². The van der Waals surface area contributed by atoms with Crippen molar-refractivity contribution >= 4 is 39.9 Å². The van der Waals surface area contributed by atoms with Crippen LogP contribution in [0.3, 0.4) is 0 Å². The van der Waals surface area contributed by atoms with Crippen molar-refractivity contribution in [3.05, 3.63) is 66.2 Å². The number of benzene rings is 3. The van der Waals surface area contributed by atoms with Crippen LogP contribution in [0, 0.1) is 11.8 Å². The summed E-state index contributed by atoms with van der Waals surface area (Å²) in [6.07, 6.45) is 2.17. The predicted octanol–water partition coefficient (Wildman–Crippen LogP) is 7.17. The lowest BCUT2D eigenvalue weighted by Gasteiger charge is -2.35. The van der Waals surface area contributed by atoms with E-state index in [0.29, 0.717) is 56.7 Å². The number of urea groups is 1. The lowest BCUT2D eigenvalue weighted by Crippen LogP contribution is -2.52. The molecule has 0 radical (unpaired) electrons. The topological polar surface area (TPSA) is 125 Å². The Labute approximate surface area is 282 Å². The molecular formula is C38H48N4O6. The fourth-order valence-electron chi connectivity index (χ4n) is 6.07. The standard InChI is InChI=1S/C38H48N4O6/c1-25(2)18-23-42(35(44)28-19-21-41(22-20-28)37(46)48-38(3,4)5)36(45)39-29(24-43)16-14-27-11-7-9-13-31(27)34-40-33-30-12-8-6-10-26(30)15-17-32(33)47-34/h6-13,15,17,25,28-29,43H,14,16,18-24H2,1-5H3,(H,39,45)/t29-/m0/s1. The molecule has 1 aliphatic heterocycles. The summed E-state index contributed by atoms with van der Waals surface area (Å²) in [6.45, 7) is 10.4. The summed E-state index contributed by atoms with van der Waals surface area (Å²) in [7, 11) is 0. The van der Waals surface area contributed by atoms with E-state index in [1.165, 1.54) is 4.90 Å². The molecule has 2 heterocycles. The molecule has 10 nitrogen and oxygen atoms in total. The van der Waals surface area contributed by atoms with E-state index in [0.717, 1.165) is 27.4 Å². The minimum absolute atomic E-state index is 0.248. The number of piperidine rings is 1. The average Bonchev–Trinajstić information content (AvgIpc) is 3.51. The molecule has 2 N–H and O–H groups in total. The Balaban J connectivity index is 1.24. The summed E-state index contributed by atoms with van der Waals surface area (Å²) in [4.78, 5) is 47.6. The zero-order valence-electron chi connectivity index (χ0n) is 28.7. The van der Waals surface area contributed by atoms with Gasteiger partial charge >= 0.3 is 12.1 Å². The quantitative estimate of drug-likeness (QED) is 0.185. The molecule has 1 atom stereocenters. The highest BCUT2D eigenvalue weighted by molar-refractivity contribution is 6.04. The summed E-state index contributed by atoms with van der Waals surface area (Å²) in [6, 6.07) is 18.8. The average molecular weight is 657 g/mol. The first-order valence-electron chi connectivity index (χ1n) is 17.0. The van der Waals surface area contributed by atoms with E-state index < -0.39 is 17.7 Å². The highest BCUT2D eigenvalue weighted by Crippen LogP contribution is 2.32. The van der Waals surface area contributed by atoms with E-state index >= 15 is 0 Å². The Morgan fingerprint density at radius 2 is 1.73 bits per heavy atom. The van der Waals surface area contributed by atoms with Gasteiger partial charge in [0.15, 0.2) is 5.58 Å². The molecule has 1 aromatic heterocycles. The number of aliphatic hydroxyl groups excluding tert-OH is 1. The zero-order chi connectivity index (χ0) is 34.4. The predicted molar refractivity (Wildman–Crippen MR) is 186 cm³/mol. The Bertz CT molecular complexity index is 1730. The third-order valence-electron chi connectivity index (χ3n) is 8.78. The van der Waals surface area contributed by atoms with Gasteiger partial charge in [0.2, 0.25) is 11.8 Å². The maximum absolute atomic E-state index is 13.7. The first-order chi connectivity index (χ1) is 22.9. The van der Waals surface area contributed by atoms with Crippen LogP contribution in [0.5, 0.6) is 0 Å². The molecule has 1 saturated heterocycles. The Hall–Kier alpha value is -4.44. The van der Waals surface area contributed by atoms with Crippen molar-refractivity contribution in [3.63, 3.8) is 0 Å². The van der Waals surface area contributed by atoms with E-state index in [1.807, 2.05) is 95.3 Å². The van der Waals surface area contributed by atoms with Crippen molar-refractivity contribution in [3.8, 4) is 11.5 Å². The second-order valence-corrected chi connectivity index (χ2v) is 14.1. The van der Waals surface area contributed by atoms with Crippen molar-refractivity contribution in [1.82, 2.24) is 20.1 Å². The first kappa shape index (κ1) is 34.9. The summed E-state index contributed by atoms with van der Waals surface area (Å²) >= 11 is 0. The molecule has 0 spiro atoms. The van der Waals surface area contributed by atoms with Crippen LogP contribution in [-0.2, 0) is 16.0 Å². The van der Waals surface area contributed by atoms with E-state index in [1.54, 1.807) is 4.90 Å². The molecule has 48 heavy (non-hydrogen) atoms. The van der Waals surface area contributed by atoms with Crippen molar-refractivity contribution in [1.29, 1.82) is 0 Å². The molecule has 4 amide bonds. The van der Waals surface area contributed by atoms with Crippen molar-refractivity contribution in [2.45, 2.75) is 78.4 Å². The number of nitrogens with one attached hydrogen (secondary N) is 1. The third-order valence-corrected chi connectivity index (χ3v) is 8.78. The van der Waals surface area contributed by atoms with E-state index in [9.17, 15) is 19.5 Å². The molecule has 4 aromatic rings. The molecule has 1 aliphatic rings. The van der Waals surface area contributed by atoms with Gasteiger partial charge in [-0.15, -0.1) is 0 Å². The normalized spacial score (nSPS) is 14.8. The number of nitrogens with zero attached hydrogens (tertiary/aromatic N) is 3. The third kappa shape index (κ3) is 8.52. The Kier molecular flexibility index (Phi) is 11.0. The van der Waals surface area contributed by atoms with Gasteiger partial charge in [-0.2, -0.15) is 0 Å². The van der Waals surface area contributed by atoms with Gasteiger partial charge in [0.25, 0.3) is 0 Å². The second-order valence-electron chi connectivity index (χ2n) is 14.1. The monoisotopic (exact) mass is 656 g/mol. The molecule has 1 fully saturated rings. The van der Waals surface area contributed by atoms with Crippen LogP contribution in [-0.4, -0.2) is 75.8 Å². The van der Waals surface area contributed by atoms with Crippen LogP contribution in [0.4, 0.5) is 9.59 Å². The number of fused-ring (bicyclic) bond motifs is 3. The molecule has 0 aliphatic carbocycles. The van der Waals surface area contributed by atoms with Crippen molar-refractivity contribution in [2.75, 3.05) is 26.2 Å². The number of oxazole rings is 1. The van der Waals surface area contributed by atoms with Gasteiger partial charge in [0, 0.05) is 36.5 Å². The van der Waals surface area contributed by atoms with E-state index in [2.05, 4.69) is 5.32 Å². The minimum atomic E-state index is -0.597. The Morgan fingerprint density at radius 3 is 2.44 bits per heavy atom. The fourth-order valence-corrected chi connectivity index (χ4v) is 6.07. The highest BCUT2D eigenvalue weighted by Gasteiger charge is 2.34. The van der Waals surface area contributed by atoms with Crippen LogP contribution in [0.2, 0.25) is 0 Å². The van der Waals surface area contributed by atoms with Crippen LogP contribution in [0.25, 0.3) is 33.3 Å². The Morgan fingerprint density at radius 1 is 1.02 bits per heavy atom. The smallest absolute Gasteiger partial charge is 0.410 e. The van der Waals surface area contributed by atoms with Gasteiger partial charge in [-0.3, -0.25) is 9.69 Å². The molecule has 5 rings (SSSR count). The summed E-state index contributed by atoms with van der Waals surface area (Å²) < 4.78 is 11.7. The molecule has 0 unspecified atom stereocenters. The van der Waals surface area contributed by atoms with Crippen molar-refractivity contribution < 1.29 is 28.6 Å². The maximum Gasteiger partial charge on any atom is 0.410 e. The van der Waals surface area contributed by atoms with Gasteiger partial charge in [-0.25, -0.2) is 14.6 Å². The summed E-state index contributed by atoms with van der Waals surface area (Å²) in [5.41, 5.74) is 2.75. The van der Waals surface area contributed by atoms with Gasteiger partial charge in [-0.05, 0) is 81.9 Å². The highest BCUT2D eigenvalue weighted by atomic mass is 16.6. The zero-order valence-corrected chi connectivity index (χ0v) is 28.7. The number of ether oxygens (including phenoxy) is 1. The second kappa shape index (κ2) is 15.2. The molecule has 10 heteroatoms. The van der Waals surface area contributed by atoms with Gasteiger partial charge in [0.05, 0.1) is 12.6 Å². The van der Waals surface area contributed by atoms with E-state index in [4.69, 9.17) is 14.1 Å². The molecule has 256 valence electrons. The summed E-state index contributed by atoms with van der Waals surface area (Å²) in [5, 5.41) is 15.3. The lowest BCUT2D eigenvalue weighted by atomic mass is 9.95. The maximum atomic E-state index is 13.7. The molecule has 3 aromatic carbocycles. The van der Waals surface area contributed by atoms with Crippen LogP contribution >= 0.6 is 0 Å². The number of hydrogen-bond donors (Lipinski definition) is 2. The van der Waals surface area contributed by atoms with E-state index in [-0.39, 0.29) is 37.0 Å². The number of aromatic nitrogens is 1.